The van der Waals surface area contributed by atoms with Crippen molar-refractivity contribution >= 4 is 11.6 Å². The molecule has 1 N–H and O–H groups in total. The standard InChI is InChI=1S/C12H17NO2/c1-4-15-8-12(14)13-11-6-5-9(2)10(3)7-11/h5-7H,4,8H2,1-3H3,(H,13,14). The Morgan fingerprint density at radius 3 is 2.67 bits per heavy atom. The number of rotatable bonds is 4. The molecule has 1 aromatic carbocycles. The predicted octanol–water partition coefficient (Wildman–Crippen LogP) is 2.28. The Hall–Kier alpha value is -1.35. The summed E-state index contributed by atoms with van der Waals surface area (Å²) in [6, 6.07) is 5.84. The van der Waals surface area contributed by atoms with Gasteiger partial charge in [-0.25, -0.2) is 0 Å². The second kappa shape index (κ2) is 5.51. The maximum Gasteiger partial charge on any atom is 0.250 e. The summed E-state index contributed by atoms with van der Waals surface area (Å²) in [5, 5.41) is 2.78. The van der Waals surface area contributed by atoms with Gasteiger partial charge in [-0.05, 0) is 44.0 Å². The van der Waals surface area contributed by atoms with E-state index < -0.39 is 0 Å². The summed E-state index contributed by atoms with van der Waals surface area (Å²) in [5.74, 6) is -0.111. The Morgan fingerprint density at radius 1 is 1.33 bits per heavy atom. The molecule has 0 aliphatic carbocycles. The van der Waals surface area contributed by atoms with Crippen LogP contribution in [0.3, 0.4) is 0 Å². The van der Waals surface area contributed by atoms with Gasteiger partial charge >= 0.3 is 0 Å². The molecule has 82 valence electrons. The summed E-state index contributed by atoms with van der Waals surface area (Å²) >= 11 is 0. The van der Waals surface area contributed by atoms with E-state index in [-0.39, 0.29) is 12.5 Å². The van der Waals surface area contributed by atoms with Crippen LogP contribution in [0.25, 0.3) is 0 Å². The topological polar surface area (TPSA) is 38.3 Å². The molecule has 0 fully saturated rings. The summed E-state index contributed by atoms with van der Waals surface area (Å²) in [4.78, 5) is 11.3. The summed E-state index contributed by atoms with van der Waals surface area (Å²) in [7, 11) is 0. The summed E-state index contributed by atoms with van der Waals surface area (Å²) in [6.45, 7) is 6.60. The highest BCUT2D eigenvalue weighted by Crippen LogP contribution is 2.13. The third kappa shape index (κ3) is 3.72. The Kier molecular flexibility index (Phi) is 4.31. The zero-order valence-electron chi connectivity index (χ0n) is 9.46. The monoisotopic (exact) mass is 207 g/mol. The largest absolute Gasteiger partial charge is 0.372 e. The van der Waals surface area contributed by atoms with Gasteiger partial charge in [0.1, 0.15) is 6.61 Å². The summed E-state index contributed by atoms with van der Waals surface area (Å²) < 4.78 is 5.01. The van der Waals surface area contributed by atoms with E-state index in [0.717, 1.165) is 5.69 Å². The average Bonchev–Trinajstić information content (AvgIpc) is 2.20. The molecule has 1 amide bonds. The van der Waals surface area contributed by atoms with Gasteiger partial charge in [0, 0.05) is 12.3 Å². The second-order valence-electron chi connectivity index (χ2n) is 3.48. The van der Waals surface area contributed by atoms with E-state index in [2.05, 4.69) is 5.32 Å². The Morgan fingerprint density at radius 2 is 2.07 bits per heavy atom. The number of hydrogen-bond donors (Lipinski definition) is 1. The van der Waals surface area contributed by atoms with Crippen LogP contribution in [0.1, 0.15) is 18.1 Å². The minimum atomic E-state index is -0.111. The number of amides is 1. The molecular weight excluding hydrogens is 190 g/mol. The molecule has 0 atom stereocenters. The Bertz CT molecular complexity index is 347. The summed E-state index contributed by atoms with van der Waals surface area (Å²) in [6.07, 6.45) is 0. The number of aryl methyl sites for hydroxylation is 2. The number of nitrogens with one attached hydrogen (secondary N) is 1. The van der Waals surface area contributed by atoms with Crippen LogP contribution in [0.2, 0.25) is 0 Å². The van der Waals surface area contributed by atoms with Gasteiger partial charge in [-0.3, -0.25) is 4.79 Å². The van der Waals surface area contributed by atoms with Crippen molar-refractivity contribution in [3.8, 4) is 0 Å². The third-order valence-electron chi connectivity index (χ3n) is 2.23. The van der Waals surface area contributed by atoms with E-state index in [1.165, 1.54) is 11.1 Å². The fourth-order valence-electron chi connectivity index (χ4n) is 1.21. The molecule has 0 bridgehead atoms. The minimum Gasteiger partial charge on any atom is -0.372 e. The highest BCUT2D eigenvalue weighted by Gasteiger charge is 2.02. The molecule has 0 saturated carbocycles. The number of ether oxygens (including phenoxy) is 1. The van der Waals surface area contributed by atoms with Crippen molar-refractivity contribution in [2.45, 2.75) is 20.8 Å². The molecule has 0 radical (unpaired) electrons. The fraction of sp³-hybridized carbons (Fsp3) is 0.417. The van der Waals surface area contributed by atoms with Crippen LogP contribution in [-0.4, -0.2) is 19.1 Å². The quantitative estimate of drug-likeness (QED) is 0.822. The first-order chi connectivity index (χ1) is 7.13. The van der Waals surface area contributed by atoms with E-state index in [9.17, 15) is 4.79 Å². The molecule has 0 spiro atoms. The predicted molar refractivity (Wildman–Crippen MR) is 61.0 cm³/mol. The lowest BCUT2D eigenvalue weighted by molar-refractivity contribution is -0.120. The molecule has 0 aromatic heterocycles. The zero-order chi connectivity index (χ0) is 11.3. The smallest absolute Gasteiger partial charge is 0.250 e. The number of anilines is 1. The van der Waals surface area contributed by atoms with Crippen molar-refractivity contribution in [3.05, 3.63) is 29.3 Å². The van der Waals surface area contributed by atoms with Crippen molar-refractivity contribution < 1.29 is 9.53 Å². The number of benzene rings is 1. The van der Waals surface area contributed by atoms with Crippen LogP contribution < -0.4 is 5.32 Å². The SMILES string of the molecule is CCOCC(=O)Nc1ccc(C)c(C)c1. The highest BCUT2D eigenvalue weighted by atomic mass is 16.5. The van der Waals surface area contributed by atoms with Gasteiger partial charge in [-0.1, -0.05) is 6.07 Å². The van der Waals surface area contributed by atoms with Gasteiger partial charge in [-0.15, -0.1) is 0 Å². The molecule has 0 aliphatic rings. The number of carbonyl (C=O) groups is 1. The number of hydrogen-bond acceptors (Lipinski definition) is 2. The van der Waals surface area contributed by atoms with Crippen molar-refractivity contribution in [2.24, 2.45) is 0 Å². The summed E-state index contributed by atoms with van der Waals surface area (Å²) in [5.41, 5.74) is 3.21. The van der Waals surface area contributed by atoms with Crippen LogP contribution >= 0.6 is 0 Å². The van der Waals surface area contributed by atoms with E-state index in [4.69, 9.17) is 4.74 Å². The first kappa shape index (κ1) is 11.7. The van der Waals surface area contributed by atoms with Gasteiger partial charge in [0.2, 0.25) is 5.91 Å². The lowest BCUT2D eigenvalue weighted by atomic mass is 10.1. The van der Waals surface area contributed by atoms with Crippen molar-refractivity contribution in [1.82, 2.24) is 0 Å². The van der Waals surface area contributed by atoms with E-state index in [1.54, 1.807) is 0 Å². The van der Waals surface area contributed by atoms with E-state index >= 15 is 0 Å². The lowest BCUT2D eigenvalue weighted by Gasteiger charge is -2.07. The highest BCUT2D eigenvalue weighted by molar-refractivity contribution is 5.91. The average molecular weight is 207 g/mol. The Labute approximate surface area is 90.4 Å². The van der Waals surface area contributed by atoms with Gasteiger partial charge in [0.15, 0.2) is 0 Å². The number of carbonyl (C=O) groups excluding carboxylic acids is 1. The van der Waals surface area contributed by atoms with Crippen molar-refractivity contribution in [1.29, 1.82) is 0 Å². The first-order valence-electron chi connectivity index (χ1n) is 5.08. The van der Waals surface area contributed by atoms with Crippen LogP contribution in [0.5, 0.6) is 0 Å². The van der Waals surface area contributed by atoms with Gasteiger partial charge in [0.25, 0.3) is 0 Å². The maximum absolute atomic E-state index is 11.3. The van der Waals surface area contributed by atoms with Gasteiger partial charge in [-0.2, -0.15) is 0 Å². The molecule has 1 rings (SSSR count). The van der Waals surface area contributed by atoms with Crippen molar-refractivity contribution in [2.75, 3.05) is 18.5 Å². The minimum absolute atomic E-state index is 0.111. The molecule has 3 heteroatoms. The molecule has 0 heterocycles. The lowest BCUT2D eigenvalue weighted by Crippen LogP contribution is -2.18. The zero-order valence-corrected chi connectivity index (χ0v) is 9.46. The molecule has 0 unspecified atom stereocenters. The van der Waals surface area contributed by atoms with E-state index in [1.807, 2.05) is 39.0 Å². The molecular formula is C12H17NO2. The Balaban J connectivity index is 2.57. The van der Waals surface area contributed by atoms with Crippen LogP contribution in [-0.2, 0) is 9.53 Å². The van der Waals surface area contributed by atoms with E-state index in [0.29, 0.717) is 6.61 Å². The van der Waals surface area contributed by atoms with Crippen molar-refractivity contribution in [3.63, 3.8) is 0 Å². The van der Waals surface area contributed by atoms with Crippen LogP contribution in [0, 0.1) is 13.8 Å². The molecule has 3 nitrogen and oxygen atoms in total. The van der Waals surface area contributed by atoms with Gasteiger partial charge in [0.05, 0.1) is 0 Å². The molecule has 1 aromatic rings. The fourth-order valence-corrected chi connectivity index (χ4v) is 1.21. The van der Waals surface area contributed by atoms with Crippen LogP contribution in [0.4, 0.5) is 5.69 Å². The normalized spacial score (nSPS) is 10.1. The second-order valence-corrected chi connectivity index (χ2v) is 3.48. The molecule has 0 saturated heterocycles. The first-order valence-corrected chi connectivity index (χ1v) is 5.08. The molecule has 15 heavy (non-hydrogen) atoms. The van der Waals surface area contributed by atoms with Gasteiger partial charge < -0.3 is 10.1 Å². The van der Waals surface area contributed by atoms with Crippen LogP contribution in [0.15, 0.2) is 18.2 Å². The third-order valence-corrected chi connectivity index (χ3v) is 2.23. The molecule has 0 aliphatic heterocycles. The maximum atomic E-state index is 11.3.